The van der Waals surface area contributed by atoms with Crippen molar-refractivity contribution in [1.29, 1.82) is 0 Å². The highest BCUT2D eigenvalue weighted by Gasteiger charge is 2.33. The normalized spacial score (nSPS) is 18.0. The fourth-order valence-electron chi connectivity index (χ4n) is 2.61. The minimum absolute atomic E-state index is 0.155. The topological polar surface area (TPSA) is 29.0 Å². The number of halogens is 1. The van der Waals surface area contributed by atoms with E-state index in [1.165, 1.54) is 43.3 Å². The summed E-state index contributed by atoms with van der Waals surface area (Å²) in [5.41, 5.74) is 1.05. The molecule has 0 radical (unpaired) electrons. The predicted molar refractivity (Wildman–Crippen MR) is 82.4 cm³/mol. The maximum atomic E-state index is 13.3. The first kappa shape index (κ1) is 13.2. The summed E-state index contributed by atoms with van der Waals surface area (Å²) in [6, 6.07) is 7.50. The van der Waals surface area contributed by atoms with Gasteiger partial charge >= 0.3 is 0 Å². The summed E-state index contributed by atoms with van der Waals surface area (Å²) in [6.07, 6.45) is 5.81. The first-order valence-electron chi connectivity index (χ1n) is 7.64. The Labute approximate surface area is 128 Å². The first-order chi connectivity index (χ1) is 10.3. The lowest BCUT2D eigenvalue weighted by Crippen LogP contribution is -2.28. The third-order valence-electron chi connectivity index (χ3n) is 4.14. The molecule has 21 heavy (non-hydrogen) atoms. The molecule has 0 spiro atoms. The molecule has 1 aromatic heterocycles. The van der Waals surface area contributed by atoms with Crippen molar-refractivity contribution in [3.8, 4) is 0 Å². The Hall–Kier alpha value is -1.49. The van der Waals surface area contributed by atoms with Gasteiger partial charge in [0.05, 0.1) is 0 Å². The van der Waals surface area contributed by atoms with E-state index in [4.69, 9.17) is 4.98 Å². The van der Waals surface area contributed by atoms with Crippen molar-refractivity contribution in [2.45, 2.75) is 44.1 Å². The molecule has 5 heteroatoms. The largest absolute Gasteiger partial charge is 0.344 e. The van der Waals surface area contributed by atoms with Crippen LogP contribution in [0.25, 0.3) is 0 Å². The van der Waals surface area contributed by atoms with Crippen LogP contribution >= 0.6 is 11.5 Å². The molecule has 1 heterocycles. The molecule has 2 saturated carbocycles. The van der Waals surface area contributed by atoms with Gasteiger partial charge in [0.15, 0.2) is 0 Å². The molecule has 2 aliphatic rings. The molecule has 2 aliphatic carbocycles. The Kier molecular flexibility index (Phi) is 3.37. The number of hydrogen-bond acceptors (Lipinski definition) is 4. The van der Waals surface area contributed by atoms with Gasteiger partial charge in [-0.1, -0.05) is 12.1 Å². The number of aromatic nitrogens is 2. The molecule has 2 aromatic rings. The van der Waals surface area contributed by atoms with E-state index in [9.17, 15) is 4.39 Å². The van der Waals surface area contributed by atoms with Crippen LogP contribution in [0.1, 0.15) is 43.0 Å². The molecule has 110 valence electrons. The van der Waals surface area contributed by atoms with Crippen LogP contribution in [0.5, 0.6) is 0 Å². The maximum Gasteiger partial charge on any atom is 0.205 e. The SMILES string of the molecule is Fc1cccc(CCN(c2nc(C3CC3)ns2)C2CC2)c1. The first-order valence-corrected chi connectivity index (χ1v) is 8.41. The molecule has 1 aromatic carbocycles. The lowest BCUT2D eigenvalue weighted by Gasteiger charge is -2.20. The van der Waals surface area contributed by atoms with Gasteiger partial charge in [-0.3, -0.25) is 0 Å². The van der Waals surface area contributed by atoms with E-state index in [-0.39, 0.29) is 5.82 Å². The van der Waals surface area contributed by atoms with Crippen LogP contribution < -0.4 is 4.90 Å². The Morgan fingerprint density at radius 1 is 1.24 bits per heavy atom. The Morgan fingerprint density at radius 3 is 2.81 bits per heavy atom. The second-order valence-electron chi connectivity index (χ2n) is 6.01. The Morgan fingerprint density at radius 2 is 2.10 bits per heavy atom. The second kappa shape index (κ2) is 5.37. The molecular formula is C16H18FN3S. The number of anilines is 1. The molecule has 0 amide bonds. The number of rotatable bonds is 6. The van der Waals surface area contributed by atoms with Crippen molar-refractivity contribution < 1.29 is 4.39 Å². The summed E-state index contributed by atoms with van der Waals surface area (Å²) in [7, 11) is 0. The highest BCUT2D eigenvalue weighted by molar-refractivity contribution is 7.09. The molecular weight excluding hydrogens is 285 g/mol. The van der Waals surface area contributed by atoms with E-state index < -0.39 is 0 Å². The molecule has 2 fully saturated rings. The zero-order chi connectivity index (χ0) is 14.2. The second-order valence-corrected chi connectivity index (χ2v) is 6.74. The van der Waals surface area contributed by atoms with E-state index in [1.54, 1.807) is 12.1 Å². The molecule has 4 rings (SSSR count). The van der Waals surface area contributed by atoms with Crippen molar-refractivity contribution in [3.63, 3.8) is 0 Å². The number of hydrogen-bond donors (Lipinski definition) is 0. The molecule has 3 nitrogen and oxygen atoms in total. The smallest absolute Gasteiger partial charge is 0.205 e. The third kappa shape index (κ3) is 3.07. The van der Waals surface area contributed by atoms with Gasteiger partial charge in [0.1, 0.15) is 11.6 Å². The van der Waals surface area contributed by atoms with Gasteiger partial charge in [0, 0.05) is 30.0 Å². The quantitative estimate of drug-likeness (QED) is 0.813. The van der Waals surface area contributed by atoms with Gasteiger partial charge in [-0.25, -0.2) is 9.37 Å². The summed E-state index contributed by atoms with van der Waals surface area (Å²) in [4.78, 5) is 7.09. The van der Waals surface area contributed by atoms with Crippen LogP contribution in [0.4, 0.5) is 9.52 Å². The molecule has 0 unspecified atom stereocenters. The molecule has 0 saturated heterocycles. The highest BCUT2D eigenvalue weighted by atomic mass is 32.1. The van der Waals surface area contributed by atoms with Crippen LogP contribution in [0.2, 0.25) is 0 Å². The standard InChI is InChI=1S/C16H18FN3S/c17-13-3-1-2-11(10-13)8-9-20(14-6-7-14)16-18-15(19-21-16)12-4-5-12/h1-3,10,12,14H,4-9H2. The summed E-state index contributed by atoms with van der Waals surface area (Å²) >= 11 is 1.52. The van der Waals surface area contributed by atoms with Gasteiger partial charge < -0.3 is 4.90 Å². The third-order valence-corrected chi connectivity index (χ3v) is 4.90. The van der Waals surface area contributed by atoms with Gasteiger partial charge in [0.25, 0.3) is 0 Å². The summed E-state index contributed by atoms with van der Waals surface area (Å²) in [5.74, 6) is 1.49. The summed E-state index contributed by atoms with van der Waals surface area (Å²) in [5, 5.41) is 1.05. The number of nitrogens with zero attached hydrogens (tertiary/aromatic N) is 3. The minimum atomic E-state index is -0.155. The predicted octanol–water partition coefficient (Wildman–Crippen LogP) is 3.77. The van der Waals surface area contributed by atoms with Crippen molar-refractivity contribution >= 4 is 16.7 Å². The Bertz CT molecular complexity index is 634. The zero-order valence-corrected chi connectivity index (χ0v) is 12.7. The van der Waals surface area contributed by atoms with Crippen molar-refractivity contribution in [3.05, 3.63) is 41.5 Å². The van der Waals surface area contributed by atoms with Gasteiger partial charge in [-0.15, -0.1) is 0 Å². The fourth-order valence-corrected chi connectivity index (χ4v) is 3.46. The lowest BCUT2D eigenvalue weighted by atomic mass is 10.1. The van der Waals surface area contributed by atoms with Crippen molar-refractivity contribution in [2.24, 2.45) is 0 Å². The molecule has 0 N–H and O–H groups in total. The van der Waals surface area contributed by atoms with Gasteiger partial charge in [-0.05, 0) is 49.8 Å². The van der Waals surface area contributed by atoms with Crippen LogP contribution in [0, 0.1) is 5.82 Å². The lowest BCUT2D eigenvalue weighted by molar-refractivity contribution is 0.624. The Balaban J connectivity index is 1.46. The van der Waals surface area contributed by atoms with Crippen molar-refractivity contribution in [2.75, 3.05) is 11.4 Å². The average Bonchev–Trinajstić information content (AvgIpc) is 3.39. The van der Waals surface area contributed by atoms with Crippen LogP contribution in [-0.4, -0.2) is 21.9 Å². The highest BCUT2D eigenvalue weighted by Crippen LogP contribution is 2.41. The fraction of sp³-hybridized carbons (Fsp3) is 0.500. The molecule has 0 bridgehead atoms. The zero-order valence-electron chi connectivity index (χ0n) is 11.8. The van der Waals surface area contributed by atoms with E-state index >= 15 is 0 Å². The van der Waals surface area contributed by atoms with E-state index in [0.29, 0.717) is 12.0 Å². The van der Waals surface area contributed by atoms with Crippen molar-refractivity contribution in [1.82, 2.24) is 9.36 Å². The van der Waals surface area contributed by atoms with E-state index in [1.807, 2.05) is 6.07 Å². The maximum absolute atomic E-state index is 13.3. The number of benzene rings is 1. The van der Waals surface area contributed by atoms with Gasteiger partial charge in [-0.2, -0.15) is 4.37 Å². The monoisotopic (exact) mass is 303 g/mol. The van der Waals surface area contributed by atoms with E-state index in [2.05, 4.69) is 9.27 Å². The molecule has 0 aliphatic heterocycles. The minimum Gasteiger partial charge on any atom is -0.344 e. The van der Waals surface area contributed by atoms with Crippen LogP contribution in [0.3, 0.4) is 0 Å². The summed E-state index contributed by atoms with van der Waals surface area (Å²) < 4.78 is 17.8. The van der Waals surface area contributed by atoms with Crippen LogP contribution in [-0.2, 0) is 6.42 Å². The molecule has 0 atom stereocenters. The summed E-state index contributed by atoms with van der Waals surface area (Å²) in [6.45, 7) is 0.896. The van der Waals surface area contributed by atoms with Crippen LogP contribution in [0.15, 0.2) is 24.3 Å². The average molecular weight is 303 g/mol. The van der Waals surface area contributed by atoms with Gasteiger partial charge in [0.2, 0.25) is 5.13 Å². The van der Waals surface area contributed by atoms with E-state index in [0.717, 1.165) is 29.5 Å².